The van der Waals surface area contributed by atoms with Crippen LogP contribution in [0.1, 0.15) is 41.7 Å². The Bertz CT molecular complexity index is 1230. The molecule has 0 spiro atoms. The van der Waals surface area contributed by atoms with Crippen molar-refractivity contribution in [1.82, 2.24) is 0 Å². The van der Waals surface area contributed by atoms with E-state index in [1.54, 1.807) is 12.1 Å². The molecule has 32 heavy (non-hydrogen) atoms. The molecule has 4 nitrogen and oxygen atoms in total. The van der Waals surface area contributed by atoms with Crippen LogP contribution in [0.2, 0.25) is 0 Å². The van der Waals surface area contributed by atoms with Crippen LogP contribution >= 0.6 is 0 Å². The Morgan fingerprint density at radius 2 is 1.09 bits per heavy atom. The van der Waals surface area contributed by atoms with Crippen molar-refractivity contribution < 1.29 is 17.7 Å². The Kier molecular flexibility index (Phi) is 9.10. The molecule has 0 radical (unpaired) electrons. The van der Waals surface area contributed by atoms with Crippen molar-refractivity contribution >= 4 is 10.1 Å². The first kappa shape index (κ1) is 24.8. The third-order valence-corrected chi connectivity index (χ3v) is 5.11. The average molecular weight is 447 g/mol. The van der Waals surface area contributed by atoms with E-state index in [0.29, 0.717) is 5.75 Å². The lowest BCUT2D eigenvalue weighted by molar-refractivity contribution is 0.316. The number of hydrogen-bond acceptors (Lipinski definition) is 3. The largest absolute Gasteiger partial charge is 0.494 e. The van der Waals surface area contributed by atoms with E-state index in [1.165, 1.54) is 5.56 Å². The fourth-order valence-corrected chi connectivity index (χ4v) is 3.11. The van der Waals surface area contributed by atoms with Crippen molar-refractivity contribution in [3.63, 3.8) is 0 Å². The molecule has 0 aliphatic rings. The summed E-state index contributed by atoms with van der Waals surface area (Å²) in [4.78, 5) is 0. The van der Waals surface area contributed by atoms with Crippen LogP contribution in [0.25, 0.3) is 0 Å². The van der Waals surface area contributed by atoms with Crippen LogP contribution in [-0.2, 0) is 10.1 Å². The number of ether oxygens (including phenoxy) is 1. The minimum absolute atomic E-state index is 0. The fourth-order valence-electron chi connectivity index (χ4n) is 2.63. The monoisotopic (exact) mass is 446 g/mol. The summed E-state index contributed by atoms with van der Waals surface area (Å²) in [6.07, 6.45) is 0.228. The molecular weight excluding hydrogens is 420 g/mol. The van der Waals surface area contributed by atoms with Gasteiger partial charge in [0.1, 0.15) is 5.75 Å². The predicted molar refractivity (Wildman–Crippen MR) is 129 cm³/mol. The van der Waals surface area contributed by atoms with Crippen molar-refractivity contribution in [3.05, 3.63) is 101 Å². The molecule has 3 aromatic rings. The normalized spacial score (nSPS) is 10.1. The van der Waals surface area contributed by atoms with Gasteiger partial charge in [0, 0.05) is 22.3 Å². The molecule has 0 aliphatic heterocycles. The Hall–Kier alpha value is -3.51. The summed E-state index contributed by atoms with van der Waals surface area (Å²) >= 11 is 0. The SMILES string of the molecule is C.Cc1ccc(C#Cc2ccc(C#Cc3ccc(OCCCS(=O)(=O)O)cc3)cc2)cc1. The lowest BCUT2D eigenvalue weighted by Gasteiger charge is -2.05. The second-order valence-electron chi connectivity index (χ2n) is 6.96. The highest BCUT2D eigenvalue weighted by Gasteiger charge is 2.03. The third-order valence-electron chi connectivity index (χ3n) is 4.31. The molecule has 0 aromatic heterocycles. The minimum Gasteiger partial charge on any atom is -0.494 e. The molecule has 0 unspecified atom stereocenters. The molecule has 0 bridgehead atoms. The summed E-state index contributed by atoms with van der Waals surface area (Å²) in [7, 11) is -3.95. The van der Waals surface area contributed by atoms with E-state index in [-0.39, 0.29) is 26.2 Å². The van der Waals surface area contributed by atoms with Gasteiger partial charge in [0.15, 0.2) is 0 Å². The van der Waals surface area contributed by atoms with Gasteiger partial charge in [0.05, 0.1) is 12.4 Å². The molecular formula is C27H26O4S. The summed E-state index contributed by atoms with van der Waals surface area (Å²) in [6.45, 7) is 2.26. The first-order valence-corrected chi connectivity index (χ1v) is 11.4. The lowest BCUT2D eigenvalue weighted by Crippen LogP contribution is -2.08. The van der Waals surface area contributed by atoms with E-state index in [9.17, 15) is 8.42 Å². The summed E-state index contributed by atoms with van der Waals surface area (Å²) in [6, 6.07) is 23.1. The highest BCUT2D eigenvalue weighted by Crippen LogP contribution is 2.12. The number of aryl methyl sites for hydroxylation is 1. The maximum Gasteiger partial charge on any atom is 0.264 e. The standard InChI is InChI=1S/C26H22O4S.CH4/c1-21-3-5-22(6-4-21)7-8-23-9-11-24(12-10-23)13-14-25-15-17-26(18-16-25)30-19-2-20-31(27,28)29;/h3-6,9-12,15-18H,2,19-20H2,1H3,(H,27,28,29);1H4. The maximum atomic E-state index is 10.7. The molecule has 3 rings (SSSR count). The molecule has 0 aliphatic carbocycles. The Labute approximate surface area is 191 Å². The summed E-state index contributed by atoms with van der Waals surface area (Å²) in [5, 5.41) is 0. The Morgan fingerprint density at radius 1 is 0.719 bits per heavy atom. The lowest BCUT2D eigenvalue weighted by atomic mass is 10.1. The molecule has 0 atom stereocenters. The van der Waals surface area contributed by atoms with Crippen LogP contribution in [0.4, 0.5) is 0 Å². The van der Waals surface area contributed by atoms with Crippen LogP contribution < -0.4 is 4.74 Å². The number of rotatable bonds is 5. The molecule has 0 saturated carbocycles. The Morgan fingerprint density at radius 3 is 1.50 bits per heavy atom. The molecule has 0 heterocycles. The number of hydrogen-bond donors (Lipinski definition) is 1. The van der Waals surface area contributed by atoms with Crippen molar-refractivity contribution in [2.24, 2.45) is 0 Å². The summed E-state index contributed by atoms with van der Waals surface area (Å²) in [5.74, 6) is 12.9. The quantitative estimate of drug-likeness (QED) is 0.337. The van der Waals surface area contributed by atoms with Gasteiger partial charge in [-0.3, -0.25) is 4.55 Å². The van der Waals surface area contributed by atoms with Gasteiger partial charge < -0.3 is 4.74 Å². The predicted octanol–water partition coefficient (Wildman–Crippen LogP) is 5.09. The molecule has 0 saturated heterocycles. The highest BCUT2D eigenvalue weighted by molar-refractivity contribution is 7.85. The van der Waals surface area contributed by atoms with Gasteiger partial charge in [-0.25, -0.2) is 0 Å². The van der Waals surface area contributed by atoms with Gasteiger partial charge in [0.2, 0.25) is 0 Å². The fraction of sp³-hybridized carbons (Fsp3) is 0.185. The van der Waals surface area contributed by atoms with Crippen molar-refractivity contribution in [3.8, 4) is 29.4 Å². The second-order valence-corrected chi connectivity index (χ2v) is 8.53. The second kappa shape index (κ2) is 11.8. The number of benzene rings is 3. The van der Waals surface area contributed by atoms with E-state index < -0.39 is 10.1 Å². The zero-order valence-electron chi connectivity index (χ0n) is 17.1. The molecule has 1 N–H and O–H groups in total. The van der Waals surface area contributed by atoms with Crippen LogP contribution in [0, 0.1) is 30.6 Å². The topological polar surface area (TPSA) is 63.6 Å². The van der Waals surface area contributed by atoms with Crippen molar-refractivity contribution in [2.45, 2.75) is 20.8 Å². The van der Waals surface area contributed by atoms with E-state index >= 15 is 0 Å². The summed E-state index contributed by atoms with van der Waals surface area (Å²) < 4.78 is 35.5. The maximum absolute atomic E-state index is 10.7. The molecule has 3 aromatic carbocycles. The van der Waals surface area contributed by atoms with Crippen molar-refractivity contribution in [2.75, 3.05) is 12.4 Å². The first-order chi connectivity index (χ1) is 14.9. The zero-order valence-corrected chi connectivity index (χ0v) is 17.9. The third kappa shape index (κ3) is 8.70. The molecule has 5 heteroatoms. The highest BCUT2D eigenvalue weighted by atomic mass is 32.2. The van der Waals surface area contributed by atoms with Crippen molar-refractivity contribution in [1.29, 1.82) is 0 Å². The first-order valence-electron chi connectivity index (χ1n) is 9.76. The van der Waals surface area contributed by atoms with E-state index in [1.807, 2.05) is 60.7 Å². The Balaban J connectivity index is 0.00000363. The van der Waals surface area contributed by atoms with Gasteiger partial charge in [-0.1, -0.05) is 48.8 Å². The smallest absolute Gasteiger partial charge is 0.264 e. The van der Waals surface area contributed by atoms with Crippen LogP contribution in [0.15, 0.2) is 72.8 Å². The van der Waals surface area contributed by atoms with E-state index in [4.69, 9.17) is 9.29 Å². The zero-order chi connectivity index (χ0) is 22.1. The molecule has 0 fully saturated rings. The summed E-state index contributed by atoms with van der Waals surface area (Å²) in [5.41, 5.74) is 4.87. The van der Waals surface area contributed by atoms with Gasteiger partial charge in [-0.05, 0) is 74.0 Å². The van der Waals surface area contributed by atoms with Crippen LogP contribution in [0.3, 0.4) is 0 Å². The van der Waals surface area contributed by atoms with Gasteiger partial charge >= 0.3 is 0 Å². The van der Waals surface area contributed by atoms with Gasteiger partial charge in [-0.15, -0.1) is 0 Å². The average Bonchev–Trinajstić information content (AvgIpc) is 2.76. The molecule has 164 valence electrons. The van der Waals surface area contributed by atoms with E-state index in [0.717, 1.165) is 22.3 Å². The molecule has 0 amide bonds. The van der Waals surface area contributed by atoms with Crippen LogP contribution in [-0.4, -0.2) is 25.3 Å². The van der Waals surface area contributed by atoms with E-state index in [2.05, 4.69) is 30.6 Å². The van der Waals surface area contributed by atoms with Gasteiger partial charge in [-0.2, -0.15) is 8.42 Å². The van der Waals surface area contributed by atoms with Crippen LogP contribution in [0.5, 0.6) is 5.75 Å². The van der Waals surface area contributed by atoms with Gasteiger partial charge in [0.25, 0.3) is 10.1 Å². The minimum atomic E-state index is -3.95.